The van der Waals surface area contributed by atoms with E-state index in [9.17, 15) is 10.1 Å². The fourth-order valence-electron chi connectivity index (χ4n) is 2.12. The second kappa shape index (κ2) is 6.47. The van der Waals surface area contributed by atoms with Gasteiger partial charge < -0.3 is 5.32 Å². The summed E-state index contributed by atoms with van der Waals surface area (Å²) in [6.07, 6.45) is 3.50. The van der Waals surface area contributed by atoms with Gasteiger partial charge in [-0.25, -0.2) is 4.98 Å². The van der Waals surface area contributed by atoms with Crippen LogP contribution in [0.15, 0.2) is 29.8 Å². The highest BCUT2D eigenvalue weighted by atomic mass is 32.1. The highest BCUT2D eigenvalue weighted by molar-refractivity contribution is 7.10. The predicted octanol–water partition coefficient (Wildman–Crippen LogP) is 4.31. The van der Waals surface area contributed by atoms with Crippen LogP contribution < -0.4 is 5.32 Å². The first kappa shape index (κ1) is 14.5. The van der Waals surface area contributed by atoms with Gasteiger partial charge in [0.1, 0.15) is 0 Å². The Morgan fingerprint density at radius 3 is 2.90 bits per heavy atom. The third-order valence-corrected chi connectivity index (χ3v) is 4.07. The number of nitrogens with zero attached hydrogens (tertiary/aromatic N) is 2. The van der Waals surface area contributed by atoms with Crippen molar-refractivity contribution in [2.75, 3.05) is 5.32 Å². The summed E-state index contributed by atoms with van der Waals surface area (Å²) >= 11 is 1.65. The van der Waals surface area contributed by atoms with E-state index in [1.54, 1.807) is 30.5 Å². The monoisotopic (exact) mass is 291 g/mol. The lowest BCUT2D eigenvalue weighted by atomic mass is 10.1. The molecule has 6 heteroatoms. The van der Waals surface area contributed by atoms with Gasteiger partial charge in [-0.15, -0.1) is 11.3 Å². The Bertz CT molecular complexity index is 584. The minimum atomic E-state index is -0.373. The first-order chi connectivity index (χ1) is 9.63. The second-order valence-corrected chi connectivity index (χ2v) is 5.56. The Hall–Kier alpha value is -1.95. The molecule has 1 atom stereocenters. The van der Waals surface area contributed by atoms with Gasteiger partial charge in [-0.2, -0.15) is 0 Å². The standard InChI is InChI=1S/C14H17N3O2S/c1-3-5-11(12-6-4-9-20-12)16-14-13(17(18)19)10(2)7-8-15-14/h4,6-9,11H,3,5H2,1-2H3,(H,15,16). The Morgan fingerprint density at radius 1 is 1.50 bits per heavy atom. The smallest absolute Gasteiger partial charge is 0.314 e. The van der Waals surface area contributed by atoms with Crippen molar-refractivity contribution in [2.45, 2.75) is 32.7 Å². The van der Waals surface area contributed by atoms with Gasteiger partial charge in [0.25, 0.3) is 0 Å². The van der Waals surface area contributed by atoms with Crippen molar-refractivity contribution in [3.8, 4) is 0 Å². The number of nitrogens with one attached hydrogen (secondary N) is 1. The fourth-order valence-corrected chi connectivity index (χ4v) is 2.93. The summed E-state index contributed by atoms with van der Waals surface area (Å²) in [6.45, 7) is 3.82. The zero-order valence-electron chi connectivity index (χ0n) is 11.5. The topological polar surface area (TPSA) is 68.1 Å². The van der Waals surface area contributed by atoms with Crippen molar-refractivity contribution >= 4 is 22.8 Å². The molecule has 2 aromatic heterocycles. The number of hydrogen-bond donors (Lipinski definition) is 1. The van der Waals surface area contributed by atoms with Crippen LogP contribution >= 0.6 is 11.3 Å². The van der Waals surface area contributed by atoms with Crippen molar-refractivity contribution in [2.24, 2.45) is 0 Å². The summed E-state index contributed by atoms with van der Waals surface area (Å²) in [5, 5.41) is 16.4. The van der Waals surface area contributed by atoms with E-state index in [4.69, 9.17) is 0 Å². The number of pyridine rings is 1. The average molecular weight is 291 g/mol. The van der Waals surface area contributed by atoms with E-state index in [2.05, 4.69) is 17.2 Å². The average Bonchev–Trinajstić information content (AvgIpc) is 2.91. The molecule has 0 amide bonds. The summed E-state index contributed by atoms with van der Waals surface area (Å²) in [6, 6.07) is 5.75. The summed E-state index contributed by atoms with van der Waals surface area (Å²) < 4.78 is 0. The third kappa shape index (κ3) is 3.14. The largest absolute Gasteiger partial charge is 0.357 e. The molecule has 2 rings (SSSR count). The molecule has 2 aromatic rings. The number of nitro groups is 1. The zero-order valence-corrected chi connectivity index (χ0v) is 12.3. The first-order valence-corrected chi connectivity index (χ1v) is 7.41. The van der Waals surface area contributed by atoms with Gasteiger partial charge in [0.05, 0.1) is 11.0 Å². The van der Waals surface area contributed by atoms with Crippen LogP contribution in [-0.2, 0) is 0 Å². The number of aromatic nitrogens is 1. The molecule has 0 saturated heterocycles. The molecule has 0 radical (unpaired) electrons. The van der Waals surface area contributed by atoms with E-state index in [0.717, 1.165) is 12.8 Å². The summed E-state index contributed by atoms with van der Waals surface area (Å²) in [5.41, 5.74) is 0.680. The van der Waals surface area contributed by atoms with Gasteiger partial charge in [-0.05, 0) is 30.9 Å². The van der Waals surface area contributed by atoms with Gasteiger partial charge in [0, 0.05) is 16.6 Å². The van der Waals surface area contributed by atoms with E-state index < -0.39 is 0 Å². The van der Waals surface area contributed by atoms with Crippen LogP contribution in [0.5, 0.6) is 0 Å². The number of rotatable bonds is 6. The molecule has 1 N–H and O–H groups in total. The molecule has 0 bridgehead atoms. The lowest BCUT2D eigenvalue weighted by Crippen LogP contribution is -2.12. The van der Waals surface area contributed by atoms with Crippen LogP contribution in [0.1, 0.15) is 36.2 Å². The molecule has 0 saturated carbocycles. The Morgan fingerprint density at radius 2 is 2.30 bits per heavy atom. The maximum Gasteiger partial charge on any atom is 0.314 e. The zero-order chi connectivity index (χ0) is 14.5. The van der Waals surface area contributed by atoms with Crippen LogP contribution in [0.2, 0.25) is 0 Å². The van der Waals surface area contributed by atoms with Crippen LogP contribution in [-0.4, -0.2) is 9.91 Å². The van der Waals surface area contributed by atoms with Crippen molar-refractivity contribution in [3.05, 3.63) is 50.3 Å². The Kier molecular flexibility index (Phi) is 4.68. The fraction of sp³-hybridized carbons (Fsp3) is 0.357. The molecule has 0 fully saturated rings. The SMILES string of the molecule is CCCC(Nc1nccc(C)c1[N+](=O)[O-])c1cccs1. The molecule has 0 aromatic carbocycles. The Labute approximate surface area is 121 Å². The quantitative estimate of drug-likeness (QED) is 0.636. The lowest BCUT2D eigenvalue weighted by molar-refractivity contribution is -0.384. The number of hydrogen-bond acceptors (Lipinski definition) is 5. The molecule has 5 nitrogen and oxygen atoms in total. The highest BCUT2D eigenvalue weighted by Gasteiger charge is 2.21. The lowest BCUT2D eigenvalue weighted by Gasteiger charge is -2.17. The molecule has 2 heterocycles. The predicted molar refractivity (Wildman–Crippen MR) is 81.2 cm³/mol. The van der Waals surface area contributed by atoms with E-state index >= 15 is 0 Å². The molecule has 106 valence electrons. The molecule has 20 heavy (non-hydrogen) atoms. The van der Waals surface area contributed by atoms with Crippen LogP contribution in [0.4, 0.5) is 11.5 Å². The Balaban J connectivity index is 2.32. The molecule has 0 aliphatic heterocycles. The van der Waals surface area contributed by atoms with Gasteiger partial charge in [0.2, 0.25) is 5.82 Å². The van der Waals surface area contributed by atoms with Gasteiger partial charge in [-0.1, -0.05) is 19.4 Å². The molecular weight excluding hydrogens is 274 g/mol. The normalized spacial score (nSPS) is 12.1. The van der Waals surface area contributed by atoms with E-state index in [1.807, 2.05) is 17.5 Å². The number of thiophene rings is 1. The summed E-state index contributed by atoms with van der Waals surface area (Å²) in [7, 11) is 0. The van der Waals surface area contributed by atoms with E-state index in [1.165, 1.54) is 4.88 Å². The molecule has 0 aliphatic rings. The third-order valence-electron chi connectivity index (χ3n) is 3.08. The highest BCUT2D eigenvalue weighted by Crippen LogP contribution is 2.32. The summed E-state index contributed by atoms with van der Waals surface area (Å²) in [4.78, 5) is 16.1. The number of aryl methyl sites for hydroxylation is 1. The minimum absolute atomic E-state index is 0.0603. The number of anilines is 1. The van der Waals surface area contributed by atoms with Crippen LogP contribution in [0, 0.1) is 17.0 Å². The molecule has 1 unspecified atom stereocenters. The molecule has 0 spiro atoms. The maximum atomic E-state index is 11.2. The maximum absolute atomic E-state index is 11.2. The summed E-state index contributed by atoms with van der Waals surface area (Å²) in [5.74, 6) is 0.349. The van der Waals surface area contributed by atoms with Crippen LogP contribution in [0.3, 0.4) is 0 Å². The van der Waals surface area contributed by atoms with E-state index in [0.29, 0.717) is 11.4 Å². The van der Waals surface area contributed by atoms with Crippen LogP contribution in [0.25, 0.3) is 0 Å². The van der Waals surface area contributed by atoms with Gasteiger partial charge >= 0.3 is 5.69 Å². The van der Waals surface area contributed by atoms with Crippen molar-refractivity contribution in [1.82, 2.24) is 4.98 Å². The molecule has 0 aliphatic carbocycles. The van der Waals surface area contributed by atoms with Gasteiger partial charge in [-0.3, -0.25) is 10.1 Å². The van der Waals surface area contributed by atoms with Crippen molar-refractivity contribution in [3.63, 3.8) is 0 Å². The first-order valence-electron chi connectivity index (χ1n) is 6.53. The van der Waals surface area contributed by atoms with E-state index in [-0.39, 0.29) is 16.7 Å². The minimum Gasteiger partial charge on any atom is -0.357 e. The second-order valence-electron chi connectivity index (χ2n) is 4.58. The molecular formula is C14H17N3O2S. The van der Waals surface area contributed by atoms with Crippen molar-refractivity contribution in [1.29, 1.82) is 0 Å². The van der Waals surface area contributed by atoms with Crippen molar-refractivity contribution < 1.29 is 4.92 Å². The van der Waals surface area contributed by atoms with Gasteiger partial charge in [0.15, 0.2) is 0 Å².